The Bertz CT molecular complexity index is 1210. The highest BCUT2D eigenvalue weighted by Crippen LogP contribution is 2.18. The number of aromatic nitrogens is 5. The summed E-state index contributed by atoms with van der Waals surface area (Å²) in [5.74, 6) is -0.734. The van der Waals surface area contributed by atoms with Crippen molar-refractivity contribution in [3.63, 3.8) is 0 Å². The van der Waals surface area contributed by atoms with Crippen LogP contribution in [0.1, 0.15) is 16.1 Å². The molecule has 4 rings (SSSR count). The molecule has 0 saturated carbocycles. The Hall–Kier alpha value is -3.79. The quantitative estimate of drug-likeness (QED) is 0.469. The van der Waals surface area contributed by atoms with Crippen LogP contribution >= 0.6 is 11.6 Å². The Balaban J connectivity index is 1.34. The van der Waals surface area contributed by atoms with Crippen LogP contribution in [-0.4, -0.2) is 30.5 Å². The minimum absolute atomic E-state index is 0.0459. The van der Waals surface area contributed by atoms with Crippen LogP contribution < -0.4 is 10.1 Å². The van der Waals surface area contributed by atoms with E-state index in [2.05, 4.69) is 20.5 Å². The Kier molecular flexibility index (Phi) is 5.89. The standard InChI is InChI=1S/C20H15ClF2N6O2/c21-17-9-15(23)2-1-13(17)10-29-11-24-20(27-29)25-19(30)18-7-8-28(26-18)12-31-16-5-3-14(22)4-6-16/h1-9,11H,10,12H2,(H,25,27,30). The lowest BCUT2D eigenvalue weighted by atomic mass is 10.2. The van der Waals surface area contributed by atoms with Gasteiger partial charge >= 0.3 is 0 Å². The molecule has 0 atom stereocenters. The van der Waals surface area contributed by atoms with Crippen LogP contribution in [0.2, 0.25) is 5.02 Å². The highest BCUT2D eigenvalue weighted by molar-refractivity contribution is 6.31. The number of nitrogens with zero attached hydrogens (tertiary/aromatic N) is 5. The molecule has 0 saturated heterocycles. The van der Waals surface area contributed by atoms with Crippen molar-refractivity contribution in [1.82, 2.24) is 24.5 Å². The molecule has 0 unspecified atom stereocenters. The van der Waals surface area contributed by atoms with Gasteiger partial charge in [0.05, 0.1) is 6.54 Å². The van der Waals surface area contributed by atoms with Gasteiger partial charge in [-0.15, -0.1) is 5.10 Å². The molecule has 31 heavy (non-hydrogen) atoms. The van der Waals surface area contributed by atoms with E-state index in [0.717, 1.165) is 0 Å². The molecule has 2 heterocycles. The molecule has 4 aromatic rings. The molecule has 11 heteroatoms. The van der Waals surface area contributed by atoms with Crippen molar-refractivity contribution >= 4 is 23.5 Å². The highest BCUT2D eigenvalue weighted by atomic mass is 35.5. The van der Waals surface area contributed by atoms with Crippen molar-refractivity contribution in [2.24, 2.45) is 0 Å². The van der Waals surface area contributed by atoms with Gasteiger partial charge in [-0.25, -0.2) is 23.1 Å². The second-order valence-electron chi connectivity index (χ2n) is 6.42. The second kappa shape index (κ2) is 8.92. The Morgan fingerprint density at radius 1 is 1.03 bits per heavy atom. The number of nitrogens with one attached hydrogen (secondary N) is 1. The van der Waals surface area contributed by atoms with Gasteiger partial charge in [0, 0.05) is 11.2 Å². The maximum atomic E-state index is 13.2. The summed E-state index contributed by atoms with van der Waals surface area (Å²) in [7, 11) is 0. The number of hydrogen-bond donors (Lipinski definition) is 1. The summed E-state index contributed by atoms with van der Waals surface area (Å²) in [4.78, 5) is 16.4. The van der Waals surface area contributed by atoms with Crippen LogP contribution in [0.5, 0.6) is 5.75 Å². The fourth-order valence-electron chi connectivity index (χ4n) is 2.64. The molecule has 0 aliphatic carbocycles. The number of ether oxygens (including phenoxy) is 1. The minimum atomic E-state index is -0.502. The van der Waals surface area contributed by atoms with Crippen LogP contribution in [0, 0.1) is 11.6 Å². The van der Waals surface area contributed by atoms with E-state index in [1.165, 1.54) is 58.2 Å². The van der Waals surface area contributed by atoms with Gasteiger partial charge in [0.15, 0.2) is 12.4 Å². The van der Waals surface area contributed by atoms with E-state index in [1.54, 1.807) is 12.3 Å². The summed E-state index contributed by atoms with van der Waals surface area (Å²) >= 11 is 6.02. The number of amides is 1. The average Bonchev–Trinajstić information content (AvgIpc) is 3.39. The van der Waals surface area contributed by atoms with E-state index in [4.69, 9.17) is 16.3 Å². The molecule has 0 aliphatic heterocycles. The third-order valence-electron chi connectivity index (χ3n) is 4.16. The molecule has 2 aromatic heterocycles. The largest absolute Gasteiger partial charge is 0.471 e. The first kappa shape index (κ1) is 20.5. The molecule has 0 spiro atoms. The summed E-state index contributed by atoms with van der Waals surface area (Å²) < 4.78 is 34.4. The van der Waals surface area contributed by atoms with Crippen molar-refractivity contribution in [1.29, 1.82) is 0 Å². The monoisotopic (exact) mass is 444 g/mol. The zero-order valence-corrected chi connectivity index (χ0v) is 16.6. The molecule has 1 N–H and O–H groups in total. The first-order valence-corrected chi connectivity index (χ1v) is 9.40. The molecular formula is C20H15ClF2N6O2. The van der Waals surface area contributed by atoms with Gasteiger partial charge in [-0.05, 0) is 48.0 Å². The van der Waals surface area contributed by atoms with Crippen LogP contribution in [0.15, 0.2) is 61.1 Å². The van der Waals surface area contributed by atoms with Crippen LogP contribution in [0.3, 0.4) is 0 Å². The number of halogens is 3. The third kappa shape index (κ3) is 5.23. The Labute approximate surface area is 180 Å². The Morgan fingerprint density at radius 3 is 2.58 bits per heavy atom. The van der Waals surface area contributed by atoms with E-state index < -0.39 is 11.7 Å². The van der Waals surface area contributed by atoms with Gasteiger partial charge in [0.25, 0.3) is 5.91 Å². The number of benzene rings is 2. The smallest absolute Gasteiger partial charge is 0.278 e. The predicted molar refractivity (Wildman–Crippen MR) is 108 cm³/mol. The van der Waals surface area contributed by atoms with Crippen LogP contribution in [-0.2, 0) is 13.3 Å². The molecule has 8 nitrogen and oxygen atoms in total. The number of carbonyl (C=O) groups is 1. The van der Waals surface area contributed by atoms with E-state index in [9.17, 15) is 13.6 Å². The van der Waals surface area contributed by atoms with Crippen molar-refractivity contribution in [2.75, 3.05) is 5.32 Å². The van der Waals surface area contributed by atoms with Gasteiger partial charge in [0.2, 0.25) is 5.95 Å². The number of anilines is 1. The minimum Gasteiger partial charge on any atom is -0.471 e. The highest BCUT2D eigenvalue weighted by Gasteiger charge is 2.13. The van der Waals surface area contributed by atoms with Crippen molar-refractivity contribution < 1.29 is 18.3 Å². The molecule has 158 valence electrons. The van der Waals surface area contributed by atoms with Gasteiger partial charge < -0.3 is 4.74 Å². The summed E-state index contributed by atoms with van der Waals surface area (Å²) in [6, 6.07) is 11.1. The van der Waals surface area contributed by atoms with Crippen LogP contribution in [0.4, 0.5) is 14.7 Å². The maximum absolute atomic E-state index is 13.2. The first-order chi connectivity index (χ1) is 15.0. The number of hydrogen-bond acceptors (Lipinski definition) is 5. The third-order valence-corrected chi connectivity index (χ3v) is 4.51. The summed E-state index contributed by atoms with van der Waals surface area (Å²) in [5, 5.41) is 11.1. The van der Waals surface area contributed by atoms with E-state index in [0.29, 0.717) is 11.3 Å². The summed E-state index contributed by atoms with van der Waals surface area (Å²) in [6.45, 7) is 0.307. The van der Waals surface area contributed by atoms with Crippen molar-refractivity contribution in [3.8, 4) is 5.75 Å². The topological polar surface area (TPSA) is 86.9 Å². The molecule has 0 bridgehead atoms. The lowest BCUT2D eigenvalue weighted by Gasteiger charge is -2.05. The lowest BCUT2D eigenvalue weighted by molar-refractivity contribution is 0.101. The van der Waals surface area contributed by atoms with Gasteiger partial charge in [-0.3, -0.25) is 10.1 Å². The van der Waals surface area contributed by atoms with Gasteiger partial charge in [0.1, 0.15) is 23.7 Å². The van der Waals surface area contributed by atoms with E-state index in [-0.39, 0.29) is 35.8 Å². The van der Waals surface area contributed by atoms with Crippen LogP contribution in [0.25, 0.3) is 0 Å². The van der Waals surface area contributed by atoms with Gasteiger partial charge in [-0.2, -0.15) is 5.10 Å². The molecule has 0 radical (unpaired) electrons. The molecule has 0 aliphatic rings. The molecule has 1 amide bonds. The van der Waals surface area contributed by atoms with E-state index >= 15 is 0 Å². The zero-order chi connectivity index (χ0) is 21.8. The molecule has 0 fully saturated rings. The molecular weight excluding hydrogens is 430 g/mol. The molecule has 2 aromatic carbocycles. The number of carbonyl (C=O) groups excluding carboxylic acids is 1. The van der Waals surface area contributed by atoms with Crippen molar-refractivity contribution in [3.05, 3.63) is 89.0 Å². The van der Waals surface area contributed by atoms with Crippen molar-refractivity contribution in [2.45, 2.75) is 13.3 Å². The average molecular weight is 445 g/mol. The predicted octanol–water partition coefficient (Wildman–Crippen LogP) is 3.74. The number of rotatable bonds is 7. The lowest BCUT2D eigenvalue weighted by Crippen LogP contribution is -2.15. The fourth-order valence-corrected chi connectivity index (χ4v) is 2.87. The maximum Gasteiger partial charge on any atom is 0.278 e. The van der Waals surface area contributed by atoms with E-state index in [1.807, 2.05) is 0 Å². The first-order valence-electron chi connectivity index (χ1n) is 9.03. The zero-order valence-electron chi connectivity index (χ0n) is 15.9. The SMILES string of the molecule is O=C(Nc1ncn(Cc2ccc(F)cc2Cl)n1)c1ccn(COc2ccc(F)cc2)n1. The summed E-state index contributed by atoms with van der Waals surface area (Å²) in [6.07, 6.45) is 2.99. The van der Waals surface area contributed by atoms with Gasteiger partial charge in [-0.1, -0.05) is 17.7 Å². The summed E-state index contributed by atoms with van der Waals surface area (Å²) in [5.41, 5.74) is 0.798. The normalized spacial score (nSPS) is 10.8. The second-order valence-corrected chi connectivity index (χ2v) is 6.83. The fraction of sp³-hybridized carbons (Fsp3) is 0.100. The Morgan fingerprint density at radius 2 is 1.81 bits per heavy atom.